The summed E-state index contributed by atoms with van der Waals surface area (Å²) >= 11 is 0. The Morgan fingerprint density at radius 2 is 2.07 bits per heavy atom. The Hall–Kier alpha value is -1.58. The van der Waals surface area contributed by atoms with Crippen LogP contribution in [0.4, 0.5) is 0 Å². The van der Waals surface area contributed by atoms with Crippen molar-refractivity contribution in [3.8, 4) is 5.88 Å². The zero-order valence-electron chi connectivity index (χ0n) is 9.46. The summed E-state index contributed by atoms with van der Waals surface area (Å²) in [7, 11) is 1.61. The van der Waals surface area contributed by atoms with Crippen molar-refractivity contribution >= 4 is 11.0 Å². The molecule has 0 fully saturated rings. The van der Waals surface area contributed by atoms with Gasteiger partial charge in [0.1, 0.15) is 0 Å². The highest BCUT2D eigenvalue weighted by Gasteiger charge is 2.16. The SMILES string of the molecule is COc1n[nH]c2ncc(C(C)(C)C)cc12. The van der Waals surface area contributed by atoms with Crippen molar-refractivity contribution in [1.82, 2.24) is 15.2 Å². The highest BCUT2D eigenvalue weighted by atomic mass is 16.5. The Labute approximate surface area is 88.7 Å². The number of rotatable bonds is 1. The second-order valence-corrected chi connectivity index (χ2v) is 4.60. The number of aromatic amines is 1. The number of methoxy groups -OCH3 is 1. The summed E-state index contributed by atoms with van der Waals surface area (Å²) in [5.74, 6) is 0.601. The van der Waals surface area contributed by atoms with Gasteiger partial charge in [0.05, 0.1) is 12.5 Å². The van der Waals surface area contributed by atoms with Gasteiger partial charge in [0.25, 0.3) is 0 Å². The van der Waals surface area contributed by atoms with Gasteiger partial charge in [0.2, 0.25) is 5.88 Å². The molecule has 0 aliphatic carbocycles. The third-order valence-electron chi connectivity index (χ3n) is 2.44. The molecule has 2 rings (SSSR count). The van der Waals surface area contributed by atoms with E-state index in [2.05, 4.69) is 42.0 Å². The summed E-state index contributed by atoms with van der Waals surface area (Å²) in [5, 5.41) is 7.79. The van der Waals surface area contributed by atoms with Crippen LogP contribution >= 0.6 is 0 Å². The maximum absolute atomic E-state index is 5.15. The molecule has 0 aromatic carbocycles. The average molecular weight is 205 g/mol. The van der Waals surface area contributed by atoms with E-state index in [1.54, 1.807) is 7.11 Å². The number of fused-ring (bicyclic) bond motifs is 1. The molecule has 0 unspecified atom stereocenters. The summed E-state index contributed by atoms with van der Waals surface area (Å²) in [6.45, 7) is 6.47. The van der Waals surface area contributed by atoms with E-state index in [0.717, 1.165) is 11.0 Å². The van der Waals surface area contributed by atoms with Crippen LogP contribution in [0, 0.1) is 0 Å². The van der Waals surface area contributed by atoms with Crippen LogP contribution in [-0.2, 0) is 5.41 Å². The van der Waals surface area contributed by atoms with Crippen LogP contribution in [0.2, 0.25) is 0 Å². The molecule has 2 heterocycles. The minimum Gasteiger partial charge on any atom is -0.479 e. The zero-order valence-corrected chi connectivity index (χ0v) is 9.46. The Kier molecular flexibility index (Phi) is 2.14. The maximum Gasteiger partial charge on any atom is 0.241 e. The van der Waals surface area contributed by atoms with E-state index in [-0.39, 0.29) is 5.41 Å². The fourth-order valence-corrected chi connectivity index (χ4v) is 1.45. The van der Waals surface area contributed by atoms with E-state index in [0.29, 0.717) is 5.88 Å². The maximum atomic E-state index is 5.15. The molecule has 0 amide bonds. The van der Waals surface area contributed by atoms with Crippen molar-refractivity contribution < 1.29 is 4.74 Å². The van der Waals surface area contributed by atoms with Crippen LogP contribution in [0.25, 0.3) is 11.0 Å². The molecular formula is C11H15N3O. The van der Waals surface area contributed by atoms with Crippen molar-refractivity contribution in [2.24, 2.45) is 0 Å². The average Bonchev–Trinajstić information content (AvgIpc) is 2.57. The van der Waals surface area contributed by atoms with Crippen LogP contribution in [0.1, 0.15) is 26.3 Å². The highest BCUT2D eigenvalue weighted by Crippen LogP contribution is 2.27. The largest absolute Gasteiger partial charge is 0.479 e. The molecule has 0 saturated carbocycles. The molecule has 4 nitrogen and oxygen atoms in total. The number of hydrogen-bond donors (Lipinski definition) is 1. The molecule has 2 aromatic rings. The fourth-order valence-electron chi connectivity index (χ4n) is 1.45. The zero-order chi connectivity index (χ0) is 11.1. The van der Waals surface area contributed by atoms with Gasteiger partial charge in [-0.3, -0.25) is 5.10 Å². The standard InChI is InChI=1S/C11H15N3O/c1-11(2,3)7-5-8-9(12-6-7)13-14-10(8)15-4/h5-6H,1-4H3,(H,12,13,14). The van der Waals surface area contributed by atoms with Gasteiger partial charge in [0.15, 0.2) is 5.65 Å². The topological polar surface area (TPSA) is 50.8 Å². The molecule has 0 aliphatic heterocycles. The van der Waals surface area contributed by atoms with Gasteiger partial charge in [-0.2, -0.15) is 0 Å². The van der Waals surface area contributed by atoms with E-state index in [1.807, 2.05) is 6.20 Å². The molecule has 2 aromatic heterocycles. The number of pyridine rings is 1. The summed E-state index contributed by atoms with van der Waals surface area (Å²) in [5.41, 5.74) is 2.03. The predicted octanol–water partition coefficient (Wildman–Crippen LogP) is 2.26. The molecule has 1 N–H and O–H groups in total. The van der Waals surface area contributed by atoms with E-state index >= 15 is 0 Å². The second-order valence-electron chi connectivity index (χ2n) is 4.60. The Balaban J connectivity index is 2.63. The molecule has 0 atom stereocenters. The predicted molar refractivity (Wildman–Crippen MR) is 59.1 cm³/mol. The van der Waals surface area contributed by atoms with Gasteiger partial charge in [0, 0.05) is 6.20 Å². The fraction of sp³-hybridized carbons (Fsp3) is 0.455. The number of ether oxygens (including phenoxy) is 1. The molecule has 0 spiro atoms. The van der Waals surface area contributed by atoms with Gasteiger partial charge in [-0.1, -0.05) is 20.8 Å². The number of H-pyrrole nitrogens is 1. The van der Waals surface area contributed by atoms with Crippen LogP contribution < -0.4 is 4.74 Å². The first-order chi connectivity index (χ1) is 7.02. The molecule has 0 radical (unpaired) electrons. The van der Waals surface area contributed by atoms with E-state index < -0.39 is 0 Å². The Bertz CT molecular complexity index is 482. The van der Waals surface area contributed by atoms with Gasteiger partial charge in [-0.15, -0.1) is 5.10 Å². The van der Waals surface area contributed by atoms with E-state index in [4.69, 9.17) is 4.74 Å². The van der Waals surface area contributed by atoms with Crippen molar-refractivity contribution in [2.75, 3.05) is 7.11 Å². The lowest BCUT2D eigenvalue weighted by molar-refractivity contribution is 0.401. The Morgan fingerprint density at radius 3 is 2.67 bits per heavy atom. The van der Waals surface area contributed by atoms with Gasteiger partial charge < -0.3 is 4.74 Å². The smallest absolute Gasteiger partial charge is 0.241 e. The third-order valence-corrected chi connectivity index (χ3v) is 2.44. The molecule has 0 aliphatic rings. The first-order valence-electron chi connectivity index (χ1n) is 4.91. The minimum atomic E-state index is 0.0868. The molecule has 80 valence electrons. The van der Waals surface area contributed by atoms with Gasteiger partial charge in [-0.25, -0.2) is 4.98 Å². The molecule has 15 heavy (non-hydrogen) atoms. The highest BCUT2D eigenvalue weighted by molar-refractivity contribution is 5.81. The summed E-state index contributed by atoms with van der Waals surface area (Å²) in [6, 6.07) is 2.07. The molecular weight excluding hydrogens is 190 g/mol. The van der Waals surface area contributed by atoms with Crippen LogP contribution in [0.15, 0.2) is 12.3 Å². The van der Waals surface area contributed by atoms with Crippen molar-refractivity contribution in [3.05, 3.63) is 17.8 Å². The van der Waals surface area contributed by atoms with Crippen molar-refractivity contribution in [2.45, 2.75) is 26.2 Å². The van der Waals surface area contributed by atoms with Crippen molar-refractivity contribution in [1.29, 1.82) is 0 Å². The lowest BCUT2D eigenvalue weighted by Crippen LogP contribution is -2.11. The quantitative estimate of drug-likeness (QED) is 0.777. The minimum absolute atomic E-state index is 0.0868. The van der Waals surface area contributed by atoms with Crippen LogP contribution in [0.3, 0.4) is 0 Å². The molecule has 4 heteroatoms. The second kappa shape index (κ2) is 3.22. The van der Waals surface area contributed by atoms with Gasteiger partial charge in [-0.05, 0) is 17.0 Å². The number of nitrogens with one attached hydrogen (secondary N) is 1. The monoisotopic (exact) mass is 205 g/mol. The van der Waals surface area contributed by atoms with E-state index in [9.17, 15) is 0 Å². The lowest BCUT2D eigenvalue weighted by atomic mass is 9.88. The normalized spacial score (nSPS) is 12.0. The third kappa shape index (κ3) is 1.67. The summed E-state index contributed by atoms with van der Waals surface area (Å²) < 4.78 is 5.15. The Morgan fingerprint density at radius 1 is 1.33 bits per heavy atom. The van der Waals surface area contributed by atoms with Crippen LogP contribution in [0.5, 0.6) is 5.88 Å². The van der Waals surface area contributed by atoms with Crippen molar-refractivity contribution in [3.63, 3.8) is 0 Å². The first-order valence-corrected chi connectivity index (χ1v) is 4.91. The number of hydrogen-bond acceptors (Lipinski definition) is 3. The molecule has 0 saturated heterocycles. The number of aromatic nitrogens is 3. The summed E-state index contributed by atoms with van der Waals surface area (Å²) in [4.78, 5) is 4.32. The van der Waals surface area contributed by atoms with E-state index in [1.165, 1.54) is 5.56 Å². The summed E-state index contributed by atoms with van der Waals surface area (Å²) in [6.07, 6.45) is 1.87. The first kappa shape index (κ1) is 9.96. The van der Waals surface area contributed by atoms with Gasteiger partial charge >= 0.3 is 0 Å². The lowest BCUT2D eigenvalue weighted by Gasteiger charge is -2.18. The number of nitrogens with zero attached hydrogens (tertiary/aromatic N) is 2. The van der Waals surface area contributed by atoms with Crippen LogP contribution in [-0.4, -0.2) is 22.3 Å². The molecule has 0 bridgehead atoms.